The lowest BCUT2D eigenvalue weighted by atomic mass is 10.0. The Kier molecular flexibility index (Phi) is 4.39. The Morgan fingerprint density at radius 3 is 2.59 bits per heavy atom. The molecule has 2 unspecified atom stereocenters. The molecular weight excluding hydrogens is 276 g/mol. The van der Waals surface area contributed by atoms with Crippen molar-refractivity contribution in [3.63, 3.8) is 0 Å². The lowest BCUT2D eigenvalue weighted by Crippen LogP contribution is -2.47. The lowest BCUT2D eigenvalue weighted by Gasteiger charge is -2.33. The first-order chi connectivity index (χ1) is 10.6. The summed E-state index contributed by atoms with van der Waals surface area (Å²) in [7, 11) is 3.84. The molecule has 0 aliphatic carbocycles. The molecule has 2 fully saturated rings. The van der Waals surface area contributed by atoms with Crippen LogP contribution in [0.15, 0.2) is 18.2 Å². The van der Waals surface area contributed by atoms with Crippen LogP contribution in [0.25, 0.3) is 0 Å². The topological polar surface area (TPSA) is 32.8 Å². The number of nitrogens with zero attached hydrogens (tertiary/aromatic N) is 2. The maximum Gasteiger partial charge on any atom is 0.254 e. The highest BCUT2D eigenvalue weighted by molar-refractivity contribution is 5.95. The summed E-state index contributed by atoms with van der Waals surface area (Å²) in [5.41, 5.74) is 1.81. The number of likely N-dealkylation sites (tertiary alicyclic amines) is 2. The summed E-state index contributed by atoms with van der Waals surface area (Å²) in [6, 6.07) is 6.67. The Morgan fingerprint density at radius 2 is 1.91 bits per heavy atom. The fraction of sp³-hybridized carbons (Fsp3) is 0.611. The normalized spacial score (nSPS) is 25.7. The van der Waals surface area contributed by atoms with Gasteiger partial charge in [0, 0.05) is 24.2 Å². The molecule has 0 bridgehead atoms. The molecule has 22 heavy (non-hydrogen) atoms. The van der Waals surface area contributed by atoms with E-state index in [9.17, 15) is 4.79 Å². The summed E-state index contributed by atoms with van der Waals surface area (Å²) in [6.07, 6.45) is 4.70. The van der Waals surface area contributed by atoms with Gasteiger partial charge in [-0.2, -0.15) is 0 Å². The molecule has 2 heterocycles. The van der Waals surface area contributed by atoms with Gasteiger partial charge in [0.25, 0.3) is 5.91 Å². The molecular formula is C18H26N2O2. The standard InChI is InChI=1S/C18H26N2O2/c1-13-8-9-14(12-17(13)22-3)18(21)20-11-5-7-16(20)15-6-4-10-19(15)2/h8-9,12,15-16H,4-7,10-11H2,1-3H3. The van der Waals surface area contributed by atoms with Crippen molar-refractivity contribution in [1.29, 1.82) is 0 Å². The first kappa shape index (κ1) is 15.3. The summed E-state index contributed by atoms with van der Waals surface area (Å²) in [5.74, 6) is 0.945. The van der Waals surface area contributed by atoms with E-state index in [1.54, 1.807) is 7.11 Å². The van der Waals surface area contributed by atoms with Gasteiger partial charge in [0.05, 0.1) is 7.11 Å². The highest BCUT2D eigenvalue weighted by Crippen LogP contribution is 2.30. The van der Waals surface area contributed by atoms with Crippen LogP contribution in [-0.4, -0.2) is 55.0 Å². The summed E-state index contributed by atoms with van der Waals surface area (Å²) in [6.45, 7) is 4.03. The van der Waals surface area contributed by atoms with Crippen molar-refractivity contribution in [3.8, 4) is 5.75 Å². The molecule has 2 aliphatic rings. The number of amides is 1. The molecule has 2 aliphatic heterocycles. The molecule has 0 radical (unpaired) electrons. The Morgan fingerprint density at radius 1 is 1.18 bits per heavy atom. The zero-order chi connectivity index (χ0) is 15.7. The average molecular weight is 302 g/mol. The fourth-order valence-corrected chi connectivity index (χ4v) is 3.99. The predicted molar refractivity (Wildman–Crippen MR) is 87.4 cm³/mol. The molecule has 0 aromatic heterocycles. The number of carbonyl (C=O) groups excluding carboxylic acids is 1. The van der Waals surface area contributed by atoms with Crippen LogP contribution in [0, 0.1) is 6.92 Å². The van der Waals surface area contributed by atoms with Gasteiger partial charge in [0.15, 0.2) is 0 Å². The molecule has 3 rings (SSSR count). The van der Waals surface area contributed by atoms with E-state index >= 15 is 0 Å². The fourth-order valence-electron chi connectivity index (χ4n) is 3.99. The van der Waals surface area contributed by atoms with E-state index in [0.717, 1.165) is 42.8 Å². The molecule has 120 valence electrons. The van der Waals surface area contributed by atoms with E-state index in [1.165, 1.54) is 12.8 Å². The van der Waals surface area contributed by atoms with Gasteiger partial charge in [-0.3, -0.25) is 4.79 Å². The molecule has 0 spiro atoms. The van der Waals surface area contributed by atoms with Crippen molar-refractivity contribution in [2.24, 2.45) is 0 Å². The van der Waals surface area contributed by atoms with Gasteiger partial charge in [-0.25, -0.2) is 0 Å². The van der Waals surface area contributed by atoms with E-state index in [0.29, 0.717) is 12.1 Å². The van der Waals surface area contributed by atoms with Crippen LogP contribution in [0.2, 0.25) is 0 Å². The van der Waals surface area contributed by atoms with E-state index in [4.69, 9.17) is 4.74 Å². The molecule has 4 heteroatoms. The Hall–Kier alpha value is -1.55. The molecule has 2 saturated heterocycles. The minimum atomic E-state index is 0.154. The van der Waals surface area contributed by atoms with Crippen LogP contribution >= 0.6 is 0 Å². The van der Waals surface area contributed by atoms with Crippen LogP contribution in [0.5, 0.6) is 5.75 Å². The Labute approximate surface area is 133 Å². The maximum absolute atomic E-state index is 13.0. The first-order valence-corrected chi connectivity index (χ1v) is 8.27. The summed E-state index contributed by atoms with van der Waals surface area (Å²) < 4.78 is 5.36. The molecule has 2 atom stereocenters. The Bertz CT molecular complexity index is 558. The number of hydrogen-bond donors (Lipinski definition) is 0. The molecule has 1 aromatic rings. The zero-order valence-corrected chi connectivity index (χ0v) is 13.8. The highest BCUT2D eigenvalue weighted by atomic mass is 16.5. The quantitative estimate of drug-likeness (QED) is 0.860. The van der Waals surface area contributed by atoms with Gasteiger partial charge >= 0.3 is 0 Å². The van der Waals surface area contributed by atoms with Crippen molar-refractivity contribution in [2.45, 2.75) is 44.7 Å². The largest absolute Gasteiger partial charge is 0.496 e. The number of likely N-dealkylation sites (N-methyl/N-ethyl adjacent to an activating group) is 1. The molecule has 1 amide bonds. The Balaban J connectivity index is 1.81. The molecule has 0 saturated carbocycles. The first-order valence-electron chi connectivity index (χ1n) is 8.27. The monoisotopic (exact) mass is 302 g/mol. The SMILES string of the molecule is COc1cc(C(=O)N2CCCC2C2CCCN2C)ccc1C. The van der Waals surface area contributed by atoms with Gasteiger partial charge in [-0.05, 0) is 63.9 Å². The summed E-state index contributed by atoms with van der Waals surface area (Å²) in [5, 5.41) is 0. The van der Waals surface area contributed by atoms with E-state index in [2.05, 4.69) is 16.8 Å². The third-order valence-electron chi connectivity index (χ3n) is 5.24. The van der Waals surface area contributed by atoms with E-state index < -0.39 is 0 Å². The zero-order valence-electron chi connectivity index (χ0n) is 13.8. The second-order valence-electron chi connectivity index (χ2n) is 6.58. The smallest absolute Gasteiger partial charge is 0.254 e. The molecule has 0 N–H and O–H groups in total. The summed E-state index contributed by atoms with van der Waals surface area (Å²) in [4.78, 5) is 17.5. The van der Waals surface area contributed by atoms with Crippen LogP contribution in [0.4, 0.5) is 0 Å². The number of benzene rings is 1. The molecule has 4 nitrogen and oxygen atoms in total. The van der Waals surface area contributed by atoms with Gasteiger partial charge < -0.3 is 14.5 Å². The van der Waals surface area contributed by atoms with E-state index in [-0.39, 0.29) is 5.91 Å². The van der Waals surface area contributed by atoms with Crippen LogP contribution in [0.1, 0.15) is 41.6 Å². The van der Waals surface area contributed by atoms with Gasteiger partial charge in [-0.1, -0.05) is 6.07 Å². The maximum atomic E-state index is 13.0. The second-order valence-corrected chi connectivity index (χ2v) is 6.58. The highest BCUT2D eigenvalue weighted by Gasteiger charge is 2.38. The van der Waals surface area contributed by atoms with E-state index in [1.807, 2.05) is 25.1 Å². The van der Waals surface area contributed by atoms with Crippen molar-refractivity contribution in [2.75, 3.05) is 27.2 Å². The number of ether oxygens (including phenoxy) is 1. The third kappa shape index (κ3) is 2.72. The van der Waals surface area contributed by atoms with Crippen molar-refractivity contribution in [1.82, 2.24) is 9.80 Å². The van der Waals surface area contributed by atoms with Crippen LogP contribution < -0.4 is 4.74 Å². The molecule has 1 aromatic carbocycles. The van der Waals surface area contributed by atoms with Gasteiger partial charge in [0.2, 0.25) is 0 Å². The van der Waals surface area contributed by atoms with Crippen molar-refractivity contribution < 1.29 is 9.53 Å². The van der Waals surface area contributed by atoms with Crippen LogP contribution in [0.3, 0.4) is 0 Å². The number of carbonyl (C=O) groups is 1. The van der Waals surface area contributed by atoms with Crippen molar-refractivity contribution >= 4 is 5.91 Å². The lowest BCUT2D eigenvalue weighted by molar-refractivity contribution is 0.0664. The minimum absolute atomic E-state index is 0.154. The second kappa shape index (κ2) is 6.29. The van der Waals surface area contributed by atoms with Gasteiger partial charge in [0.1, 0.15) is 5.75 Å². The third-order valence-corrected chi connectivity index (χ3v) is 5.24. The number of methoxy groups -OCH3 is 1. The average Bonchev–Trinajstić information content (AvgIpc) is 3.15. The predicted octanol–water partition coefficient (Wildman–Crippen LogP) is 2.70. The van der Waals surface area contributed by atoms with Crippen LogP contribution in [-0.2, 0) is 0 Å². The number of aryl methyl sites for hydroxylation is 1. The minimum Gasteiger partial charge on any atom is -0.496 e. The number of rotatable bonds is 3. The summed E-state index contributed by atoms with van der Waals surface area (Å²) >= 11 is 0. The number of hydrogen-bond acceptors (Lipinski definition) is 3. The van der Waals surface area contributed by atoms with Gasteiger partial charge in [-0.15, -0.1) is 0 Å². The van der Waals surface area contributed by atoms with Crippen molar-refractivity contribution in [3.05, 3.63) is 29.3 Å².